The molecule has 112 valence electrons. The highest BCUT2D eigenvalue weighted by molar-refractivity contribution is 4.90. The first-order valence-electron chi connectivity index (χ1n) is 8.19. The van der Waals surface area contributed by atoms with Gasteiger partial charge in [-0.2, -0.15) is 5.10 Å². The predicted molar refractivity (Wildman–Crippen MR) is 79.5 cm³/mol. The van der Waals surface area contributed by atoms with Crippen LogP contribution in [0.5, 0.6) is 0 Å². The summed E-state index contributed by atoms with van der Waals surface area (Å²) in [6.07, 6.45) is 13.3. The maximum absolute atomic E-state index is 10.8. The van der Waals surface area contributed by atoms with Gasteiger partial charge < -0.3 is 5.11 Å². The van der Waals surface area contributed by atoms with Gasteiger partial charge in [0, 0.05) is 25.0 Å². The van der Waals surface area contributed by atoms with Crippen LogP contribution in [0.1, 0.15) is 51.4 Å². The van der Waals surface area contributed by atoms with E-state index < -0.39 is 5.60 Å². The molecule has 20 heavy (non-hydrogen) atoms. The van der Waals surface area contributed by atoms with Crippen LogP contribution in [0, 0.1) is 0 Å². The number of hydrogen-bond acceptors (Lipinski definition) is 3. The fourth-order valence-corrected chi connectivity index (χ4v) is 3.85. The lowest BCUT2D eigenvalue weighted by Gasteiger charge is -2.42. The molecule has 2 fully saturated rings. The summed E-state index contributed by atoms with van der Waals surface area (Å²) in [4.78, 5) is 2.52. The van der Waals surface area contributed by atoms with Gasteiger partial charge in [0.1, 0.15) is 0 Å². The topological polar surface area (TPSA) is 41.3 Å². The van der Waals surface area contributed by atoms with Gasteiger partial charge in [-0.3, -0.25) is 9.58 Å². The average Bonchev–Trinajstić information content (AvgIpc) is 2.94. The fraction of sp³-hybridized carbons (Fsp3) is 0.812. The van der Waals surface area contributed by atoms with E-state index in [1.807, 2.05) is 23.1 Å². The SMILES string of the molecule is OC1(CN2CCCCC2Cn2cccn2)CCCCC1. The number of hydrogen-bond donors (Lipinski definition) is 1. The van der Waals surface area contributed by atoms with Crippen molar-refractivity contribution in [1.82, 2.24) is 14.7 Å². The average molecular weight is 277 g/mol. The first-order chi connectivity index (χ1) is 9.75. The molecular weight excluding hydrogens is 250 g/mol. The van der Waals surface area contributed by atoms with Crippen LogP contribution in [0.15, 0.2) is 18.5 Å². The Morgan fingerprint density at radius 1 is 1.15 bits per heavy atom. The van der Waals surface area contributed by atoms with Crippen LogP contribution in [-0.2, 0) is 6.54 Å². The van der Waals surface area contributed by atoms with E-state index in [9.17, 15) is 5.11 Å². The monoisotopic (exact) mass is 277 g/mol. The second-order valence-corrected chi connectivity index (χ2v) is 6.63. The molecule has 4 nitrogen and oxygen atoms in total. The summed E-state index contributed by atoms with van der Waals surface area (Å²) < 4.78 is 2.04. The highest BCUT2D eigenvalue weighted by Crippen LogP contribution is 2.31. The molecule has 1 aromatic rings. The van der Waals surface area contributed by atoms with Crippen LogP contribution < -0.4 is 0 Å². The smallest absolute Gasteiger partial charge is 0.0774 e. The Bertz CT molecular complexity index is 398. The van der Waals surface area contributed by atoms with Crippen molar-refractivity contribution in [3.63, 3.8) is 0 Å². The molecule has 2 heterocycles. The van der Waals surface area contributed by atoms with Gasteiger partial charge >= 0.3 is 0 Å². The second kappa shape index (κ2) is 6.27. The summed E-state index contributed by atoms with van der Waals surface area (Å²) in [5, 5.41) is 15.1. The zero-order chi connectivity index (χ0) is 13.8. The normalized spacial score (nSPS) is 27.6. The number of aromatic nitrogens is 2. The maximum Gasteiger partial charge on any atom is 0.0774 e. The van der Waals surface area contributed by atoms with Gasteiger partial charge in [-0.15, -0.1) is 0 Å². The van der Waals surface area contributed by atoms with E-state index in [1.54, 1.807) is 0 Å². The highest BCUT2D eigenvalue weighted by atomic mass is 16.3. The van der Waals surface area contributed by atoms with Crippen molar-refractivity contribution in [3.05, 3.63) is 18.5 Å². The Morgan fingerprint density at radius 2 is 2.00 bits per heavy atom. The van der Waals surface area contributed by atoms with Crippen LogP contribution in [-0.4, -0.2) is 44.5 Å². The van der Waals surface area contributed by atoms with E-state index >= 15 is 0 Å². The Morgan fingerprint density at radius 3 is 2.75 bits per heavy atom. The largest absolute Gasteiger partial charge is 0.389 e. The van der Waals surface area contributed by atoms with Crippen LogP contribution in [0.4, 0.5) is 0 Å². The molecule has 1 saturated carbocycles. The summed E-state index contributed by atoms with van der Waals surface area (Å²) in [7, 11) is 0. The quantitative estimate of drug-likeness (QED) is 0.919. The molecule has 1 aliphatic carbocycles. The van der Waals surface area contributed by atoms with Crippen molar-refractivity contribution in [3.8, 4) is 0 Å². The lowest BCUT2D eigenvalue weighted by molar-refractivity contribution is -0.0443. The number of likely N-dealkylation sites (tertiary alicyclic amines) is 1. The van der Waals surface area contributed by atoms with Crippen molar-refractivity contribution >= 4 is 0 Å². The second-order valence-electron chi connectivity index (χ2n) is 6.63. The molecule has 2 aliphatic rings. The zero-order valence-electron chi connectivity index (χ0n) is 12.4. The Hall–Kier alpha value is -0.870. The molecule has 0 aromatic carbocycles. The van der Waals surface area contributed by atoms with Crippen LogP contribution in [0.2, 0.25) is 0 Å². The van der Waals surface area contributed by atoms with Crippen molar-refractivity contribution in [2.24, 2.45) is 0 Å². The van der Waals surface area contributed by atoms with E-state index in [2.05, 4.69) is 10.00 Å². The van der Waals surface area contributed by atoms with Crippen LogP contribution in [0.25, 0.3) is 0 Å². The summed E-state index contributed by atoms with van der Waals surface area (Å²) in [6, 6.07) is 2.52. The van der Waals surface area contributed by atoms with E-state index in [4.69, 9.17) is 0 Å². The summed E-state index contributed by atoms with van der Waals surface area (Å²) in [6.45, 7) is 2.95. The van der Waals surface area contributed by atoms with Crippen molar-refractivity contribution in [2.45, 2.75) is 69.6 Å². The third-order valence-electron chi connectivity index (χ3n) is 4.99. The van der Waals surface area contributed by atoms with Gasteiger partial charge in [0.15, 0.2) is 0 Å². The van der Waals surface area contributed by atoms with Gasteiger partial charge in [0.25, 0.3) is 0 Å². The van der Waals surface area contributed by atoms with Crippen molar-refractivity contribution < 1.29 is 5.11 Å². The first-order valence-corrected chi connectivity index (χ1v) is 8.19. The Labute approximate surface area is 121 Å². The molecule has 0 amide bonds. The third-order valence-corrected chi connectivity index (χ3v) is 4.99. The van der Waals surface area contributed by atoms with Crippen molar-refractivity contribution in [2.75, 3.05) is 13.1 Å². The minimum Gasteiger partial charge on any atom is -0.389 e. The lowest BCUT2D eigenvalue weighted by atomic mass is 9.83. The van der Waals surface area contributed by atoms with Gasteiger partial charge in [0.05, 0.1) is 12.1 Å². The predicted octanol–water partition coefficient (Wildman–Crippen LogP) is 2.43. The Balaban J connectivity index is 1.62. The van der Waals surface area contributed by atoms with Crippen LogP contribution >= 0.6 is 0 Å². The zero-order valence-corrected chi connectivity index (χ0v) is 12.4. The molecule has 1 aromatic heterocycles. The van der Waals surface area contributed by atoms with E-state index in [0.717, 1.165) is 32.5 Å². The summed E-state index contributed by atoms with van der Waals surface area (Å²) in [5.41, 5.74) is -0.433. The van der Waals surface area contributed by atoms with Gasteiger partial charge in [-0.1, -0.05) is 25.7 Å². The van der Waals surface area contributed by atoms with Gasteiger partial charge in [0.2, 0.25) is 0 Å². The summed E-state index contributed by atoms with van der Waals surface area (Å²) in [5.74, 6) is 0. The van der Waals surface area contributed by atoms with Gasteiger partial charge in [-0.05, 0) is 38.3 Å². The Kier molecular flexibility index (Phi) is 4.41. The van der Waals surface area contributed by atoms with Gasteiger partial charge in [-0.25, -0.2) is 0 Å². The lowest BCUT2D eigenvalue weighted by Crippen LogP contribution is -2.51. The number of rotatable bonds is 4. The molecule has 1 aliphatic heterocycles. The van der Waals surface area contributed by atoms with E-state index in [-0.39, 0.29) is 0 Å². The number of β-amino-alcohol motifs (C(OH)–C–C–N with tert-alkyl or cyclic N) is 1. The first kappa shape index (κ1) is 14.1. The van der Waals surface area contributed by atoms with Crippen LogP contribution in [0.3, 0.4) is 0 Å². The molecule has 4 heteroatoms. The highest BCUT2D eigenvalue weighted by Gasteiger charge is 2.34. The molecule has 0 radical (unpaired) electrons. The maximum atomic E-state index is 10.8. The minimum atomic E-state index is -0.433. The molecule has 3 rings (SSSR count). The molecule has 0 spiro atoms. The van der Waals surface area contributed by atoms with E-state index in [1.165, 1.54) is 38.5 Å². The fourth-order valence-electron chi connectivity index (χ4n) is 3.85. The molecule has 1 saturated heterocycles. The number of aliphatic hydroxyl groups is 1. The standard InChI is InChI=1S/C16H27N3O/c20-16(8-3-1-4-9-16)14-18-11-5-2-7-15(18)13-19-12-6-10-17-19/h6,10,12,15,20H,1-5,7-9,11,13-14H2. The minimum absolute atomic E-state index is 0.433. The molecule has 1 unspecified atom stereocenters. The molecule has 0 bridgehead atoms. The summed E-state index contributed by atoms with van der Waals surface area (Å²) >= 11 is 0. The van der Waals surface area contributed by atoms with Crippen molar-refractivity contribution in [1.29, 1.82) is 0 Å². The molecular formula is C16H27N3O. The number of nitrogens with zero attached hydrogens (tertiary/aromatic N) is 3. The van der Waals surface area contributed by atoms with E-state index in [0.29, 0.717) is 6.04 Å². The molecule has 1 atom stereocenters. The third kappa shape index (κ3) is 3.41. The number of piperidine rings is 1. The molecule has 1 N–H and O–H groups in total.